The molecule has 2 N–H and O–H groups in total. The highest BCUT2D eigenvalue weighted by molar-refractivity contribution is 5.85. The lowest BCUT2D eigenvalue weighted by Gasteiger charge is -2.13. The van der Waals surface area contributed by atoms with E-state index in [1.807, 2.05) is 0 Å². The van der Waals surface area contributed by atoms with Gasteiger partial charge in [-0.2, -0.15) is 13.2 Å². The Morgan fingerprint density at radius 2 is 1.94 bits per heavy atom. The second-order valence-corrected chi connectivity index (χ2v) is 2.97. The van der Waals surface area contributed by atoms with Gasteiger partial charge in [0.2, 0.25) is 0 Å². The van der Waals surface area contributed by atoms with Crippen LogP contribution in [0.3, 0.4) is 0 Å². The van der Waals surface area contributed by atoms with Crippen LogP contribution in [0, 0.1) is 0 Å². The van der Waals surface area contributed by atoms with E-state index >= 15 is 0 Å². The summed E-state index contributed by atoms with van der Waals surface area (Å²) in [6.07, 6.45) is -4.41. The molecule has 0 amide bonds. The fraction of sp³-hybridized carbons (Fsp3) is 0.400. The molecular formula is C10H13ClF3NO. The Kier molecular flexibility index (Phi) is 5.61. The first-order valence-corrected chi connectivity index (χ1v) is 4.52. The van der Waals surface area contributed by atoms with E-state index in [0.29, 0.717) is 5.56 Å². The molecule has 0 aliphatic rings. The summed E-state index contributed by atoms with van der Waals surface area (Å²) in [6, 6.07) is 3.85. The predicted molar refractivity (Wildman–Crippen MR) is 57.8 cm³/mol. The number of rotatable bonds is 3. The van der Waals surface area contributed by atoms with Crippen LogP contribution in [-0.4, -0.2) is 6.61 Å². The number of halogens is 4. The van der Waals surface area contributed by atoms with Gasteiger partial charge in [-0.25, -0.2) is 0 Å². The molecule has 0 unspecified atom stereocenters. The monoisotopic (exact) mass is 255 g/mol. The first-order chi connectivity index (χ1) is 6.99. The molecule has 0 atom stereocenters. The van der Waals surface area contributed by atoms with Crippen LogP contribution < -0.4 is 10.5 Å². The third kappa shape index (κ3) is 3.57. The van der Waals surface area contributed by atoms with Crippen molar-refractivity contribution in [2.24, 2.45) is 5.73 Å². The summed E-state index contributed by atoms with van der Waals surface area (Å²) < 4.78 is 42.6. The Bertz CT molecular complexity index is 341. The number of hydrogen-bond donors (Lipinski definition) is 1. The van der Waals surface area contributed by atoms with Gasteiger partial charge >= 0.3 is 6.18 Å². The van der Waals surface area contributed by atoms with Crippen LogP contribution in [0.15, 0.2) is 18.2 Å². The van der Waals surface area contributed by atoms with Gasteiger partial charge in [-0.15, -0.1) is 12.4 Å². The zero-order chi connectivity index (χ0) is 11.5. The number of nitrogens with two attached hydrogens (primary N) is 1. The average molecular weight is 256 g/mol. The first-order valence-electron chi connectivity index (χ1n) is 4.52. The van der Waals surface area contributed by atoms with Gasteiger partial charge in [0, 0.05) is 6.54 Å². The minimum atomic E-state index is -4.41. The Hall–Kier alpha value is -0.940. The Balaban J connectivity index is 0.00000225. The third-order valence-corrected chi connectivity index (χ3v) is 1.88. The molecule has 1 aromatic carbocycles. The summed E-state index contributed by atoms with van der Waals surface area (Å²) in [5.41, 5.74) is 4.94. The van der Waals surface area contributed by atoms with Gasteiger partial charge < -0.3 is 10.5 Å². The Morgan fingerprint density at radius 1 is 1.31 bits per heavy atom. The molecule has 16 heavy (non-hydrogen) atoms. The fourth-order valence-electron chi connectivity index (χ4n) is 1.21. The highest BCUT2D eigenvalue weighted by Crippen LogP contribution is 2.36. The molecule has 0 saturated carbocycles. The molecule has 0 aliphatic heterocycles. The maximum Gasteiger partial charge on any atom is 0.419 e. The van der Waals surface area contributed by atoms with E-state index < -0.39 is 11.7 Å². The molecule has 92 valence electrons. The average Bonchev–Trinajstić information content (AvgIpc) is 2.17. The van der Waals surface area contributed by atoms with Gasteiger partial charge in [-0.05, 0) is 24.6 Å². The van der Waals surface area contributed by atoms with Crippen molar-refractivity contribution in [3.05, 3.63) is 29.3 Å². The molecule has 0 spiro atoms. The molecule has 0 bridgehead atoms. The molecule has 1 rings (SSSR count). The molecule has 0 aromatic heterocycles. The molecular weight excluding hydrogens is 243 g/mol. The van der Waals surface area contributed by atoms with Crippen LogP contribution >= 0.6 is 12.4 Å². The number of alkyl halides is 3. The lowest BCUT2D eigenvalue weighted by molar-refractivity contribution is -0.138. The minimum absolute atomic E-state index is 0. The third-order valence-electron chi connectivity index (χ3n) is 1.88. The highest BCUT2D eigenvalue weighted by Gasteiger charge is 2.34. The lowest BCUT2D eigenvalue weighted by atomic mass is 10.1. The summed E-state index contributed by atoms with van der Waals surface area (Å²) >= 11 is 0. The molecule has 6 heteroatoms. The maximum absolute atomic E-state index is 12.6. The highest BCUT2D eigenvalue weighted by atomic mass is 35.5. The minimum Gasteiger partial charge on any atom is -0.493 e. The van der Waals surface area contributed by atoms with Gasteiger partial charge in [0.05, 0.1) is 12.2 Å². The van der Waals surface area contributed by atoms with Crippen LogP contribution in [0.25, 0.3) is 0 Å². The molecule has 1 aromatic rings. The molecule has 2 nitrogen and oxygen atoms in total. The maximum atomic E-state index is 12.6. The van der Waals surface area contributed by atoms with E-state index in [4.69, 9.17) is 10.5 Å². The smallest absolute Gasteiger partial charge is 0.419 e. The van der Waals surface area contributed by atoms with E-state index in [1.165, 1.54) is 12.1 Å². The molecule has 0 aliphatic carbocycles. The van der Waals surface area contributed by atoms with Crippen molar-refractivity contribution in [3.8, 4) is 5.75 Å². The number of ether oxygens (including phenoxy) is 1. The van der Waals surface area contributed by atoms with E-state index in [9.17, 15) is 13.2 Å². The molecule has 0 fully saturated rings. The predicted octanol–water partition coefficient (Wildman–Crippen LogP) is 2.98. The van der Waals surface area contributed by atoms with Crippen molar-refractivity contribution in [1.82, 2.24) is 0 Å². The van der Waals surface area contributed by atoms with Crippen LogP contribution in [-0.2, 0) is 12.7 Å². The summed E-state index contributed by atoms with van der Waals surface area (Å²) in [4.78, 5) is 0. The second-order valence-electron chi connectivity index (χ2n) is 2.97. The molecule has 0 heterocycles. The molecule has 0 saturated heterocycles. The van der Waals surface area contributed by atoms with Crippen molar-refractivity contribution >= 4 is 12.4 Å². The first kappa shape index (κ1) is 15.1. The summed E-state index contributed by atoms with van der Waals surface area (Å²) in [6.45, 7) is 1.91. The van der Waals surface area contributed by atoms with Crippen LogP contribution in [0.5, 0.6) is 5.75 Å². The lowest BCUT2D eigenvalue weighted by Crippen LogP contribution is -2.10. The van der Waals surface area contributed by atoms with E-state index in [1.54, 1.807) is 6.92 Å². The zero-order valence-electron chi connectivity index (χ0n) is 8.67. The molecule has 0 radical (unpaired) electrons. The summed E-state index contributed by atoms with van der Waals surface area (Å²) in [7, 11) is 0. The number of benzene rings is 1. The standard InChI is InChI=1S/C10H12F3NO.ClH/c1-2-15-9-4-3-7(6-14)5-8(9)10(11,12)13;/h3-5H,2,6,14H2,1H3;1H. The van der Waals surface area contributed by atoms with Crippen molar-refractivity contribution in [1.29, 1.82) is 0 Å². The van der Waals surface area contributed by atoms with E-state index in [0.717, 1.165) is 6.07 Å². The second kappa shape index (κ2) is 5.96. The Labute approximate surface area is 98.0 Å². The van der Waals surface area contributed by atoms with Gasteiger partial charge in [-0.3, -0.25) is 0 Å². The van der Waals surface area contributed by atoms with Crippen LogP contribution in [0.1, 0.15) is 18.1 Å². The van der Waals surface area contributed by atoms with E-state index in [-0.39, 0.29) is 31.3 Å². The fourth-order valence-corrected chi connectivity index (χ4v) is 1.21. The quantitative estimate of drug-likeness (QED) is 0.901. The largest absolute Gasteiger partial charge is 0.493 e. The van der Waals surface area contributed by atoms with E-state index in [2.05, 4.69) is 0 Å². The topological polar surface area (TPSA) is 35.2 Å². The SMILES string of the molecule is CCOc1ccc(CN)cc1C(F)(F)F.Cl. The number of hydrogen-bond acceptors (Lipinski definition) is 2. The van der Waals surface area contributed by atoms with Crippen LogP contribution in [0.4, 0.5) is 13.2 Å². The van der Waals surface area contributed by atoms with Gasteiger partial charge in [0.15, 0.2) is 0 Å². The normalized spacial score (nSPS) is 10.8. The summed E-state index contributed by atoms with van der Waals surface area (Å²) in [5.74, 6) is -0.151. The zero-order valence-corrected chi connectivity index (χ0v) is 9.49. The van der Waals surface area contributed by atoms with Crippen LogP contribution in [0.2, 0.25) is 0 Å². The Morgan fingerprint density at radius 3 is 2.38 bits per heavy atom. The van der Waals surface area contributed by atoms with Gasteiger partial charge in [0.1, 0.15) is 5.75 Å². The van der Waals surface area contributed by atoms with Crippen molar-refractivity contribution in [2.75, 3.05) is 6.61 Å². The van der Waals surface area contributed by atoms with Crippen molar-refractivity contribution in [2.45, 2.75) is 19.6 Å². The summed E-state index contributed by atoms with van der Waals surface area (Å²) in [5, 5.41) is 0. The van der Waals surface area contributed by atoms with Gasteiger partial charge in [-0.1, -0.05) is 6.07 Å². The van der Waals surface area contributed by atoms with Gasteiger partial charge in [0.25, 0.3) is 0 Å². The van der Waals surface area contributed by atoms with Crippen molar-refractivity contribution in [3.63, 3.8) is 0 Å². The van der Waals surface area contributed by atoms with Crippen molar-refractivity contribution < 1.29 is 17.9 Å².